The van der Waals surface area contributed by atoms with Gasteiger partial charge in [0.05, 0.1) is 17.1 Å². The van der Waals surface area contributed by atoms with Gasteiger partial charge < -0.3 is 5.11 Å². The predicted octanol–water partition coefficient (Wildman–Crippen LogP) is 4.99. The number of benzene rings is 2. The van der Waals surface area contributed by atoms with E-state index in [0.29, 0.717) is 11.4 Å². The van der Waals surface area contributed by atoms with Crippen LogP contribution in [0.25, 0.3) is 11.6 Å². The molecule has 0 saturated heterocycles. The molecule has 0 spiro atoms. The van der Waals surface area contributed by atoms with Gasteiger partial charge in [0.1, 0.15) is 0 Å². The molecule has 4 rings (SSSR count). The second-order valence-electron chi connectivity index (χ2n) is 6.15. The van der Waals surface area contributed by atoms with Crippen LogP contribution in [-0.2, 0) is 6.54 Å². The van der Waals surface area contributed by atoms with Crippen LogP contribution in [0.5, 0.6) is 5.88 Å². The second-order valence-corrected chi connectivity index (χ2v) is 8.06. The molecular weight excluding hydrogens is 412 g/mol. The minimum Gasteiger partial charge on any atom is -0.493 e. The summed E-state index contributed by atoms with van der Waals surface area (Å²) in [5.41, 5.74) is 4.86. The van der Waals surface area contributed by atoms with Crippen LogP contribution in [0.2, 0.25) is 0 Å². The number of rotatable bonds is 3. The Morgan fingerprint density at radius 1 is 1.23 bits per heavy atom. The molecule has 0 fully saturated rings. The van der Waals surface area contributed by atoms with Gasteiger partial charge in [-0.05, 0) is 36.8 Å². The van der Waals surface area contributed by atoms with Gasteiger partial charge in [0, 0.05) is 21.8 Å². The highest BCUT2D eigenvalue weighted by molar-refractivity contribution is 9.10. The van der Waals surface area contributed by atoms with Crippen molar-refractivity contribution >= 4 is 50.8 Å². The topological polar surface area (TPSA) is 54.6 Å². The quantitative estimate of drug-likeness (QED) is 0.640. The highest BCUT2D eigenvalue weighted by Crippen LogP contribution is 2.36. The molecule has 130 valence electrons. The first kappa shape index (κ1) is 17.0. The number of aryl methyl sites for hydroxylation is 1. The van der Waals surface area contributed by atoms with Crippen LogP contribution in [-0.4, -0.2) is 15.9 Å². The van der Waals surface area contributed by atoms with Crippen molar-refractivity contribution in [2.75, 3.05) is 0 Å². The van der Waals surface area contributed by atoms with Crippen molar-refractivity contribution in [1.29, 1.82) is 0 Å². The van der Waals surface area contributed by atoms with Gasteiger partial charge in [-0.1, -0.05) is 57.1 Å². The summed E-state index contributed by atoms with van der Waals surface area (Å²) in [6, 6.07) is 13.8. The molecule has 1 N–H and O–H groups in total. The van der Waals surface area contributed by atoms with E-state index >= 15 is 0 Å². The van der Waals surface area contributed by atoms with Gasteiger partial charge in [-0.3, -0.25) is 14.4 Å². The maximum absolute atomic E-state index is 12.4. The van der Waals surface area contributed by atoms with E-state index in [-0.39, 0.29) is 10.8 Å². The standard InChI is InChI=1S/C20H15BrN2O2S/c1-12-2-4-13(5-3-12)11-23-19(24)18(26-20(23)25)8-14-10-22-17-7-6-15(21)9-16(14)17/h2-10,24H,11H2,1H3/b14-8-. The third kappa shape index (κ3) is 3.18. The molecule has 26 heavy (non-hydrogen) atoms. The Kier molecular flexibility index (Phi) is 4.38. The van der Waals surface area contributed by atoms with Crippen LogP contribution in [0.1, 0.15) is 21.6 Å². The molecule has 3 aromatic rings. The van der Waals surface area contributed by atoms with E-state index in [1.165, 1.54) is 4.57 Å². The summed E-state index contributed by atoms with van der Waals surface area (Å²) < 4.78 is 2.36. The smallest absolute Gasteiger partial charge is 0.310 e. The average Bonchev–Trinajstić information content (AvgIpc) is 3.13. The van der Waals surface area contributed by atoms with Crippen LogP contribution in [0.4, 0.5) is 5.69 Å². The summed E-state index contributed by atoms with van der Waals surface area (Å²) >= 11 is 4.50. The lowest BCUT2D eigenvalue weighted by Gasteiger charge is -2.05. The third-order valence-corrected chi connectivity index (χ3v) is 5.66. The number of halogens is 1. The Morgan fingerprint density at radius 3 is 2.77 bits per heavy atom. The summed E-state index contributed by atoms with van der Waals surface area (Å²) in [5.74, 6) is -0.00933. The zero-order chi connectivity index (χ0) is 18.3. The van der Waals surface area contributed by atoms with E-state index in [1.807, 2.05) is 55.5 Å². The molecule has 2 heterocycles. The average molecular weight is 427 g/mol. The summed E-state index contributed by atoms with van der Waals surface area (Å²) in [5, 5.41) is 10.6. The molecule has 0 bridgehead atoms. The lowest BCUT2D eigenvalue weighted by atomic mass is 10.1. The first-order chi connectivity index (χ1) is 12.5. The van der Waals surface area contributed by atoms with Crippen molar-refractivity contribution in [1.82, 2.24) is 4.57 Å². The summed E-state index contributed by atoms with van der Waals surface area (Å²) in [6.07, 6.45) is 3.57. The first-order valence-electron chi connectivity index (χ1n) is 8.05. The minimum atomic E-state index is -0.181. The van der Waals surface area contributed by atoms with Crippen LogP contribution >= 0.6 is 27.3 Å². The Labute approximate surface area is 162 Å². The number of hydrogen-bond donors (Lipinski definition) is 1. The predicted molar refractivity (Wildman–Crippen MR) is 111 cm³/mol. The molecule has 0 aliphatic carbocycles. The Bertz CT molecular complexity index is 1110. The fourth-order valence-corrected chi connectivity index (χ4v) is 4.04. The number of nitrogens with zero attached hydrogens (tertiary/aromatic N) is 2. The van der Waals surface area contributed by atoms with Crippen LogP contribution < -0.4 is 4.87 Å². The number of aromatic nitrogens is 1. The van der Waals surface area contributed by atoms with Crippen molar-refractivity contribution in [2.45, 2.75) is 13.5 Å². The fourth-order valence-electron chi connectivity index (χ4n) is 2.84. The Balaban J connectivity index is 1.70. The van der Waals surface area contributed by atoms with Gasteiger partial charge in [-0.15, -0.1) is 0 Å². The van der Waals surface area contributed by atoms with E-state index < -0.39 is 0 Å². The van der Waals surface area contributed by atoms with Crippen molar-refractivity contribution < 1.29 is 5.11 Å². The SMILES string of the molecule is Cc1ccc(Cn2c(O)c(/C=C3/C=Nc4ccc(Br)cc43)sc2=O)cc1. The zero-order valence-corrected chi connectivity index (χ0v) is 16.3. The number of aromatic hydroxyl groups is 1. The Morgan fingerprint density at radius 2 is 2.00 bits per heavy atom. The molecule has 0 saturated carbocycles. The minimum absolute atomic E-state index is 0.00933. The van der Waals surface area contributed by atoms with E-state index in [0.717, 1.165) is 43.8 Å². The monoisotopic (exact) mass is 426 g/mol. The first-order valence-corrected chi connectivity index (χ1v) is 9.66. The van der Waals surface area contributed by atoms with Crippen molar-refractivity contribution in [3.05, 3.63) is 78.2 Å². The zero-order valence-electron chi connectivity index (χ0n) is 13.9. The normalized spacial score (nSPS) is 14.2. The fraction of sp³-hybridized carbons (Fsp3) is 0.100. The number of thiazole rings is 1. The van der Waals surface area contributed by atoms with E-state index in [4.69, 9.17) is 0 Å². The molecule has 0 unspecified atom stereocenters. The highest BCUT2D eigenvalue weighted by atomic mass is 79.9. The van der Waals surface area contributed by atoms with Crippen molar-refractivity contribution in [3.8, 4) is 5.88 Å². The van der Waals surface area contributed by atoms with E-state index in [9.17, 15) is 9.90 Å². The highest BCUT2D eigenvalue weighted by Gasteiger charge is 2.17. The van der Waals surface area contributed by atoms with Gasteiger partial charge in [-0.25, -0.2) is 0 Å². The molecule has 6 heteroatoms. The van der Waals surface area contributed by atoms with E-state index in [2.05, 4.69) is 20.9 Å². The molecule has 4 nitrogen and oxygen atoms in total. The lowest BCUT2D eigenvalue weighted by Crippen LogP contribution is -2.13. The number of hydrogen-bond acceptors (Lipinski definition) is 4. The third-order valence-electron chi connectivity index (χ3n) is 4.25. The Hall–Kier alpha value is -2.44. The molecule has 0 radical (unpaired) electrons. The van der Waals surface area contributed by atoms with Crippen molar-refractivity contribution in [3.63, 3.8) is 0 Å². The summed E-state index contributed by atoms with van der Waals surface area (Å²) in [7, 11) is 0. The molecule has 0 atom stereocenters. The molecule has 1 aliphatic rings. The van der Waals surface area contributed by atoms with Gasteiger partial charge in [0.25, 0.3) is 0 Å². The summed E-state index contributed by atoms with van der Waals surface area (Å²) in [4.78, 5) is 17.1. The van der Waals surface area contributed by atoms with Gasteiger partial charge >= 0.3 is 4.87 Å². The van der Waals surface area contributed by atoms with Crippen LogP contribution in [0.15, 0.2) is 56.7 Å². The maximum atomic E-state index is 12.4. The maximum Gasteiger partial charge on any atom is 0.310 e. The number of allylic oxidation sites excluding steroid dienone is 1. The number of aliphatic imine (C=N–C) groups is 1. The molecule has 0 amide bonds. The van der Waals surface area contributed by atoms with Gasteiger partial charge in [0.2, 0.25) is 5.88 Å². The molecule has 1 aliphatic heterocycles. The lowest BCUT2D eigenvalue weighted by molar-refractivity contribution is 0.420. The van der Waals surface area contributed by atoms with Crippen molar-refractivity contribution in [2.24, 2.45) is 4.99 Å². The van der Waals surface area contributed by atoms with Gasteiger partial charge in [0.15, 0.2) is 0 Å². The largest absolute Gasteiger partial charge is 0.493 e. The molecule has 2 aromatic carbocycles. The molecule has 1 aromatic heterocycles. The molecular formula is C20H15BrN2O2S. The van der Waals surface area contributed by atoms with Gasteiger partial charge in [-0.2, -0.15) is 0 Å². The van der Waals surface area contributed by atoms with Crippen LogP contribution in [0.3, 0.4) is 0 Å². The van der Waals surface area contributed by atoms with Crippen LogP contribution in [0, 0.1) is 6.92 Å². The second kappa shape index (κ2) is 6.70. The van der Waals surface area contributed by atoms with E-state index in [1.54, 1.807) is 6.21 Å². The summed E-state index contributed by atoms with van der Waals surface area (Å²) in [6.45, 7) is 2.36. The number of fused-ring (bicyclic) bond motifs is 1.